The summed E-state index contributed by atoms with van der Waals surface area (Å²) in [5, 5.41) is 53.4. The average Bonchev–Trinajstić information content (AvgIpc) is 1.56. The summed E-state index contributed by atoms with van der Waals surface area (Å²) in [6, 6.07) is 29.9. The van der Waals surface area contributed by atoms with Gasteiger partial charge in [-0.05, 0) is 176 Å². The number of aliphatic hydroxyl groups is 3. The number of carboxylic acid groups (broad SMARTS) is 3. The third-order valence-electron chi connectivity index (χ3n) is 22.7. The van der Waals surface area contributed by atoms with Crippen molar-refractivity contribution in [3.63, 3.8) is 0 Å². The van der Waals surface area contributed by atoms with Crippen LogP contribution < -0.4 is 20.0 Å². The van der Waals surface area contributed by atoms with Crippen LogP contribution in [-0.2, 0) is 117 Å². The van der Waals surface area contributed by atoms with Gasteiger partial charge in [0.05, 0.1) is 72.5 Å². The lowest BCUT2D eigenvalue weighted by atomic mass is 9.79. The molecule has 1 unspecified atom stereocenters. The van der Waals surface area contributed by atoms with E-state index in [4.69, 9.17) is 44.8 Å². The van der Waals surface area contributed by atoms with Gasteiger partial charge in [0.1, 0.15) is 43.5 Å². The van der Waals surface area contributed by atoms with Crippen molar-refractivity contribution in [1.82, 2.24) is 49.8 Å². The molecule has 14 heterocycles. The number of nitrogens with zero attached hydrogens (tertiary/aromatic N) is 13. The number of amides is 4. The van der Waals surface area contributed by atoms with Crippen molar-refractivity contribution >= 4 is 155 Å². The molecule has 4 amide bonds. The molecule has 0 aromatic carbocycles. The Kier molecular flexibility index (Phi) is 44.2. The van der Waals surface area contributed by atoms with Crippen molar-refractivity contribution in [2.45, 2.75) is 196 Å². The van der Waals surface area contributed by atoms with Gasteiger partial charge in [-0.2, -0.15) is 0 Å². The van der Waals surface area contributed by atoms with Crippen molar-refractivity contribution in [2.75, 3.05) is 81.4 Å². The Hall–Kier alpha value is -11.7. The Labute approximate surface area is 845 Å². The third kappa shape index (κ3) is 28.8. The topological polar surface area (TPSA) is 489 Å². The number of aromatic carboxylic acids is 3. The standard InChI is InChI=1S/C22H27N3O3Si.C20H24BrN3O2Si.C15H11N3O3.C13H20N2O2Si.C9H8BrNO4.C7H8BrNO2.C7H5NO4.CH4O.5CH4/c1-15(26)17-10-16-11-22(12-19(16)24-13-17)18-6-5-7-23-20(18)25(21(22)27)14-28-8-9-29(2,3)4;1-27(2,3)8-7-26-13-24-18-16(5-4-6-22-18)20(19(24)25)10-14-9-15(21)12-23-17(14)11-20;19-13(20)9-4-8-5-15(6-11(8)17-7-9)10-2-1-3-16-12(10)18-14(15)21;1-18(2,3)8-7-17-10-15-12(16)9-11-5-4-6-14-13(11)15;1-14-8(12)6-3-5(10)4-11-7(6)9(13)15-2;8-6-1-5(3-10)7(4-11)9-2-6;9-6(10)4-2-1-3-8-5(4)7(11)12;1-2;;;;;/h5-7,10,13H,8-9,11-12,14H2,1-4H3;4-6,9,12H,7-8,10-11,13H2,1-3H3;1-4,7H,5-6H2,(H,19,20)(H,16,18,21);4-6H,7-10H2,1-3H3;3-4H,1-2H3;1-2,10-11H,3-4H2;1-3H,(H,9,10)(H,11,12);2H,1H3;5*1H4/t22-;;15-;;;;;;;;;;/m0.0........../s1. The summed E-state index contributed by atoms with van der Waals surface area (Å²) < 4.78 is 28.7. The highest BCUT2D eigenvalue weighted by Crippen LogP contribution is 2.51. The Morgan fingerprint density at radius 2 is 0.850 bits per heavy atom. The Morgan fingerprint density at radius 1 is 0.429 bits per heavy atom. The molecule has 10 aromatic heterocycles. The molecule has 3 spiro atoms. The molecule has 35 nitrogen and oxygen atoms in total. The first-order valence-corrected chi connectivity index (χ1v) is 56.2. The normalized spacial score (nSPS) is 16.1. The molecular formula is C99H127Br3N14O21Si3. The maximum Gasteiger partial charge on any atom is 0.357 e. The maximum atomic E-state index is 13.6. The van der Waals surface area contributed by atoms with E-state index >= 15 is 0 Å². The molecular weight excluding hydrogens is 2050 g/mol. The number of nitrogens with one attached hydrogen (secondary N) is 1. The minimum atomic E-state index is -1.34. The summed E-state index contributed by atoms with van der Waals surface area (Å²) in [6.45, 7) is 25.0. The van der Waals surface area contributed by atoms with Crippen molar-refractivity contribution in [3.8, 4) is 0 Å². The van der Waals surface area contributed by atoms with E-state index < -0.39 is 76.0 Å². The molecule has 140 heavy (non-hydrogen) atoms. The number of fused-ring (bicyclic) bond motifs is 10. The van der Waals surface area contributed by atoms with Crippen LogP contribution in [0.15, 0.2) is 166 Å². The lowest BCUT2D eigenvalue weighted by molar-refractivity contribution is -0.124. The highest BCUT2D eigenvalue weighted by molar-refractivity contribution is 9.11. The summed E-state index contributed by atoms with van der Waals surface area (Å²) in [7, 11) is 0.0227. The van der Waals surface area contributed by atoms with Crippen molar-refractivity contribution in [1.29, 1.82) is 0 Å². The number of hydrogen-bond acceptors (Lipinski definition) is 28. The second-order valence-electron chi connectivity index (χ2n) is 35.8. The van der Waals surface area contributed by atoms with E-state index in [1.165, 1.54) is 57.9 Å². The third-order valence-corrected chi connectivity index (χ3v) is 29.2. The monoisotopic (exact) mass is 2170 g/mol. The minimum Gasteiger partial charge on any atom is -0.478 e. The fourth-order valence-electron chi connectivity index (χ4n) is 15.7. The highest BCUT2D eigenvalue weighted by Gasteiger charge is 2.57. The molecule has 0 saturated heterocycles. The molecule has 0 fully saturated rings. The van der Waals surface area contributed by atoms with Crippen LogP contribution in [0.1, 0.15) is 174 Å². The molecule has 3 atom stereocenters. The Bertz CT molecular complexity index is 6060. The summed E-state index contributed by atoms with van der Waals surface area (Å²) in [4.78, 5) is 164. The number of methoxy groups -OCH3 is 2. The van der Waals surface area contributed by atoms with Crippen LogP contribution in [0.5, 0.6) is 0 Å². The number of carboxylic acids is 3. The number of rotatable bonds is 23. The van der Waals surface area contributed by atoms with Crippen LogP contribution >= 0.6 is 47.8 Å². The molecule has 7 N–H and O–H groups in total. The van der Waals surface area contributed by atoms with Crippen LogP contribution in [0.4, 0.5) is 23.3 Å². The molecule has 3 aliphatic carbocycles. The van der Waals surface area contributed by atoms with E-state index in [0.717, 1.165) is 108 Å². The van der Waals surface area contributed by atoms with Gasteiger partial charge < -0.3 is 59.6 Å². The van der Waals surface area contributed by atoms with Crippen molar-refractivity contribution in [2.24, 2.45) is 0 Å². The predicted octanol–water partition coefficient (Wildman–Crippen LogP) is 16.3. The lowest BCUT2D eigenvalue weighted by Crippen LogP contribution is -2.42. The molecule has 7 aliphatic rings. The van der Waals surface area contributed by atoms with E-state index in [0.29, 0.717) is 97.8 Å². The number of pyridine rings is 10. The van der Waals surface area contributed by atoms with Crippen LogP contribution in [0.3, 0.4) is 0 Å². The number of aromatic nitrogens is 10. The first-order chi connectivity index (χ1) is 64.1. The van der Waals surface area contributed by atoms with Gasteiger partial charge in [0.15, 0.2) is 17.2 Å². The van der Waals surface area contributed by atoms with Gasteiger partial charge in [-0.25, -0.2) is 53.9 Å². The lowest BCUT2D eigenvalue weighted by Gasteiger charge is -2.23. The second kappa shape index (κ2) is 52.1. The summed E-state index contributed by atoms with van der Waals surface area (Å²) in [5.74, 6) is -2.11. The molecule has 17 rings (SSSR count). The van der Waals surface area contributed by atoms with Crippen LogP contribution in [-0.4, -0.2) is 225 Å². The summed E-state index contributed by atoms with van der Waals surface area (Å²) >= 11 is 9.85. The molecule has 0 saturated carbocycles. The zero-order valence-corrected chi connectivity index (χ0v) is 84.7. The number of halogens is 3. The number of hydrogen-bond donors (Lipinski definition) is 7. The largest absolute Gasteiger partial charge is 0.478 e. The summed E-state index contributed by atoms with van der Waals surface area (Å²) in [6.07, 6.45) is 19.5. The zero-order valence-electron chi connectivity index (χ0n) is 76.9. The number of anilines is 4. The van der Waals surface area contributed by atoms with Gasteiger partial charge in [0, 0.05) is 196 Å². The van der Waals surface area contributed by atoms with Crippen molar-refractivity contribution < 1.29 is 102 Å². The number of Topliss-reactive ketones (excluding diaryl/α,β-unsaturated/α-hetero) is 1. The van der Waals surface area contributed by atoms with E-state index in [1.54, 1.807) is 76.3 Å². The second-order valence-corrected chi connectivity index (χ2v) is 55.4. The fraction of sp³-hybridized carbons (Fsp3) is 0.394. The fourth-order valence-corrected chi connectivity index (χ4v) is 19.1. The Balaban J connectivity index is 0.000000292. The number of ether oxygens (including phenoxy) is 5. The molecule has 752 valence electrons. The van der Waals surface area contributed by atoms with Crippen LogP contribution in [0, 0.1) is 0 Å². The predicted molar refractivity (Wildman–Crippen MR) is 552 cm³/mol. The van der Waals surface area contributed by atoms with Gasteiger partial charge >= 0.3 is 29.8 Å². The maximum absolute atomic E-state index is 13.6. The average molecular weight is 2170 g/mol. The smallest absolute Gasteiger partial charge is 0.357 e. The van der Waals surface area contributed by atoms with E-state index in [9.17, 15) is 47.9 Å². The van der Waals surface area contributed by atoms with Gasteiger partial charge in [-0.3, -0.25) is 58.6 Å². The Morgan fingerprint density at radius 3 is 1.33 bits per heavy atom. The number of ketones is 1. The molecule has 0 radical (unpaired) electrons. The molecule has 4 aliphatic heterocycles. The van der Waals surface area contributed by atoms with Crippen LogP contribution in [0.25, 0.3) is 0 Å². The first-order valence-electron chi connectivity index (χ1n) is 42.7. The number of carbonyl (C=O) groups excluding carboxylic acids is 7. The molecule has 0 bridgehead atoms. The van der Waals surface area contributed by atoms with Gasteiger partial charge in [0.25, 0.3) is 0 Å². The number of carbonyl (C=O) groups is 10. The first kappa shape index (κ1) is 119. The number of esters is 2. The van der Waals surface area contributed by atoms with E-state index in [2.05, 4.69) is 177 Å². The molecule has 10 aromatic rings. The zero-order chi connectivity index (χ0) is 98.7. The van der Waals surface area contributed by atoms with E-state index in [-0.39, 0.29) is 116 Å². The quantitative estimate of drug-likeness (QED) is 0.0135. The molecule has 41 heteroatoms. The van der Waals surface area contributed by atoms with Gasteiger partial charge in [0.2, 0.25) is 23.6 Å². The highest BCUT2D eigenvalue weighted by atomic mass is 79.9. The van der Waals surface area contributed by atoms with Gasteiger partial charge in [-0.1, -0.05) is 120 Å². The van der Waals surface area contributed by atoms with Gasteiger partial charge in [-0.15, -0.1) is 0 Å². The minimum absolute atomic E-state index is 0. The van der Waals surface area contributed by atoms with Crippen molar-refractivity contribution in [3.05, 3.63) is 267 Å². The van der Waals surface area contributed by atoms with E-state index in [1.807, 2.05) is 48.5 Å². The SMILES string of the molecule is C.C.C.C.C.CC(=O)c1cnc2c(c1)C[C@@]1(C2)C(=O)N(COCC[Si](C)(C)C)c2ncccc21.CO.COC(=O)c1cc(Br)cnc1C(=O)OC.C[Si](C)(C)CCOCN1C(=O)C2(Cc3cc(Br)cnc3C2)c2cccnc21.C[Si](C)(C)CCOCN1C(=O)Cc2cccnc21.O=C(O)c1cccnc1C(=O)O.O=C(O)c1cnc2c(c1)C[C@@]1(C2)C(=O)Nc2ncccc21.OCc1cc(Br)cnc1CO. The summed E-state index contributed by atoms with van der Waals surface area (Å²) in [5.41, 5.74) is 8.58. The number of aliphatic hydroxyl groups excluding tert-OH is 3. The van der Waals surface area contributed by atoms with Crippen LogP contribution in [0.2, 0.25) is 77.1 Å².